The van der Waals surface area contributed by atoms with E-state index < -0.39 is 15.9 Å². The van der Waals surface area contributed by atoms with Gasteiger partial charge < -0.3 is 9.47 Å². The van der Waals surface area contributed by atoms with Gasteiger partial charge in [0.1, 0.15) is 5.78 Å². The van der Waals surface area contributed by atoms with Gasteiger partial charge in [-0.2, -0.15) is 8.42 Å². The van der Waals surface area contributed by atoms with Gasteiger partial charge in [0.2, 0.25) is 0 Å². The van der Waals surface area contributed by atoms with Crippen molar-refractivity contribution in [2.75, 3.05) is 26.1 Å². The summed E-state index contributed by atoms with van der Waals surface area (Å²) in [5, 5.41) is 0. The molecule has 1 heterocycles. The summed E-state index contributed by atoms with van der Waals surface area (Å²) in [6.45, 7) is 7.21. The zero-order valence-corrected chi connectivity index (χ0v) is 15.3. The highest BCUT2D eigenvalue weighted by Crippen LogP contribution is 2.55. The van der Waals surface area contributed by atoms with Gasteiger partial charge in [-0.15, -0.1) is 0 Å². The van der Waals surface area contributed by atoms with Crippen LogP contribution in [0.15, 0.2) is 0 Å². The Morgan fingerprint density at radius 1 is 1.26 bits per heavy atom. The summed E-state index contributed by atoms with van der Waals surface area (Å²) in [5.74, 6) is -0.546. The molecule has 0 N–H and O–H groups in total. The van der Waals surface area contributed by atoms with Crippen LogP contribution in [0.4, 0.5) is 0 Å². The molecule has 0 aromatic rings. The van der Waals surface area contributed by atoms with Gasteiger partial charge in [0.05, 0.1) is 26.1 Å². The Balaban J connectivity index is 2.18. The van der Waals surface area contributed by atoms with Crippen molar-refractivity contribution in [2.24, 2.45) is 17.3 Å². The first-order chi connectivity index (χ1) is 10.6. The van der Waals surface area contributed by atoms with Crippen molar-refractivity contribution < 1.29 is 26.9 Å². The van der Waals surface area contributed by atoms with E-state index in [1.165, 1.54) is 0 Å². The van der Waals surface area contributed by atoms with E-state index in [2.05, 4.69) is 13.8 Å². The number of hydrogen-bond acceptors (Lipinski definition) is 6. The van der Waals surface area contributed by atoms with E-state index in [0.717, 1.165) is 12.7 Å². The lowest BCUT2D eigenvalue weighted by Gasteiger charge is -2.52. The van der Waals surface area contributed by atoms with Gasteiger partial charge in [0, 0.05) is 24.2 Å². The van der Waals surface area contributed by atoms with Gasteiger partial charge in [-0.05, 0) is 18.8 Å². The van der Waals surface area contributed by atoms with E-state index >= 15 is 0 Å². The Labute approximate surface area is 139 Å². The van der Waals surface area contributed by atoms with Crippen molar-refractivity contribution >= 4 is 15.9 Å². The molecule has 1 aliphatic carbocycles. The number of ether oxygens (including phenoxy) is 2. The smallest absolute Gasteiger partial charge is 0.264 e. The predicted molar refractivity (Wildman–Crippen MR) is 85.3 cm³/mol. The van der Waals surface area contributed by atoms with Gasteiger partial charge in [-0.25, -0.2) is 0 Å². The molecule has 0 aromatic heterocycles. The molecule has 1 saturated heterocycles. The molecule has 1 spiro atoms. The second kappa shape index (κ2) is 6.78. The van der Waals surface area contributed by atoms with Crippen LogP contribution in [-0.2, 0) is 28.6 Å². The summed E-state index contributed by atoms with van der Waals surface area (Å²) >= 11 is 0. The largest absolute Gasteiger partial charge is 0.347 e. The molecule has 6 nitrogen and oxygen atoms in total. The maximum atomic E-state index is 12.3. The Morgan fingerprint density at radius 2 is 1.87 bits per heavy atom. The molecule has 1 unspecified atom stereocenters. The van der Waals surface area contributed by atoms with Crippen LogP contribution < -0.4 is 0 Å². The standard InChI is InChI=1S/C16H28O6S/c1-5-14(17)12-10-13(6-7-22-23(4,18)19)15(2,3)16(11-12)20-8-9-21-16/h12-13H,5-11H2,1-4H3/t12?,13-/m1/s1. The zero-order valence-electron chi connectivity index (χ0n) is 14.5. The highest BCUT2D eigenvalue weighted by atomic mass is 32.2. The van der Waals surface area contributed by atoms with E-state index in [1.807, 2.05) is 6.92 Å². The van der Waals surface area contributed by atoms with Crippen LogP contribution in [0.1, 0.15) is 46.5 Å². The molecule has 0 amide bonds. The van der Waals surface area contributed by atoms with Crippen molar-refractivity contribution in [1.82, 2.24) is 0 Å². The summed E-state index contributed by atoms with van der Waals surface area (Å²) in [4.78, 5) is 12.3. The molecule has 0 bridgehead atoms. The molecule has 1 aliphatic heterocycles. The van der Waals surface area contributed by atoms with Crippen LogP contribution in [0.5, 0.6) is 0 Å². The third-order valence-electron chi connectivity index (χ3n) is 5.41. The highest BCUT2D eigenvalue weighted by molar-refractivity contribution is 7.85. The molecule has 2 aliphatic rings. The quantitative estimate of drug-likeness (QED) is 0.684. The van der Waals surface area contributed by atoms with Crippen molar-refractivity contribution in [3.05, 3.63) is 0 Å². The molecule has 2 atom stereocenters. The highest BCUT2D eigenvalue weighted by Gasteiger charge is 2.58. The van der Waals surface area contributed by atoms with Crippen LogP contribution >= 0.6 is 0 Å². The first-order valence-electron chi connectivity index (χ1n) is 8.26. The lowest BCUT2D eigenvalue weighted by atomic mass is 9.59. The Bertz CT molecular complexity index is 533. The summed E-state index contributed by atoms with van der Waals surface area (Å²) in [6, 6.07) is 0. The van der Waals surface area contributed by atoms with E-state index in [4.69, 9.17) is 13.7 Å². The monoisotopic (exact) mass is 348 g/mol. The molecule has 0 aromatic carbocycles. The van der Waals surface area contributed by atoms with Crippen LogP contribution in [0.2, 0.25) is 0 Å². The van der Waals surface area contributed by atoms with Gasteiger partial charge in [0.15, 0.2) is 5.79 Å². The molecular weight excluding hydrogens is 320 g/mol. The van der Waals surface area contributed by atoms with Gasteiger partial charge in [0.25, 0.3) is 10.1 Å². The predicted octanol–water partition coefficient (Wildman–Crippen LogP) is 2.13. The fourth-order valence-electron chi connectivity index (χ4n) is 3.92. The maximum absolute atomic E-state index is 12.3. The molecule has 23 heavy (non-hydrogen) atoms. The summed E-state index contributed by atoms with van der Waals surface area (Å²) < 4.78 is 39.2. The maximum Gasteiger partial charge on any atom is 0.264 e. The van der Waals surface area contributed by atoms with Crippen molar-refractivity contribution in [1.29, 1.82) is 0 Å². The van der Waals surface area contributed by atoms with E-state index in [-0.39, 0.29) is 29.6 Å². The number of ketones is 1. The topological polar surface area (TPSA) is 78.9 Å². The number of carbonyl (C=O) groups is 1. The molecule has 7 heteroatoms. The number of rotatable bonds is 6. The Kier molecular flexibility index (Phi) is 5.55. The van der Waals surface area contributed by atoms with Crippen LogP contribution in [0.25, 0.3) is 0 Å². The van der Waals surface area contributed by atoms with Crippen LogP contribution in [-0.4, -0.2) is 46.1 Å². The minimum atomic E-state index is -3.45. The SMILES string of the molecule is CCC(=O)C1C[C@@H](CCOS(C)(=O)=O)C(C)(C)C2(C1)OCCO2. The molecule has 2 rings (SSSR count). The minimum Gasteiger partial charge on any atom is -0.347 e. The second-order valence-electron chi connectivity index (χ2n) is 7.14. The molecule has 134 valence electrons. The third-order valence-corrected chi connectivity index (χ3v) is 6.00. The third kappa shape index (κ3) is 3.95. The fraction of sp³-hybridized carbons (Fsp3) is 0.938. The van der Waals surface area contributed by atoms with Crippen LogP contribution in [0, 0.1) is 17.3 Å². The fourth-order valence-corrected chi connectivity index (χ4v) is 4.32. The molecule has 0 radical (unpaired) electrons. The zero-order chi connectivity index (χ0) is 17.3. The number of Topliss-reactive ketones (excluding diaryl/α,β-unsaturated/α-hetero) is 1. The van der Waals surface area contributed by atoms with E-state index in [0.29, 0.717) is 32.5 Å². The van der Waals surface area contributed by atoms with Crippen molar-refractivity contribution in [3.63, 3.8) is 0 Å². The average molecular weight is 348 g/mol. The second-order valence-corrected chi connectivity index (χ2v) is 8.78. The summed E-state index contributed by atoms with van der Waals surface area (Å²) in [6.07, 6.45) is 3.40. The summed E-state index contributed by atoms with van der Waals surface area (Å²) in [7, 11) is -3.45. The first-order valence-corrected chi connectivity index (χ1v) is 10.1. The van der Waals surface area contributed by atoms with Crippen molar-refractivity contribution in [2.45, 2.75) is 52.2 Å². The number of carbonyl (C=O) groups excluding carboxylic acids is 1. The lowest BCUT2D eigenvalue weighted by molar-refractivity contribution is -0.270. The molecular formula is C16H28O6S. The normalized spacial score (nSPS) is 29.7. The molecule has 2 fully saturated rings. The van der Waals surface area contributed by atoms with Gasteiger partial charge in [-0.1, -0.05) is 20.8 Å². The molecule has 1 saturated carbocycles. The van der Waals surface area contributed by atoms with E-state index in [1.54, 1.807) is 0 Å². The number of hydrogen-bond donors (Lipinski definition) is 0. The van der Waals surface area contributed by atoms with Gasteiger partial charge >= 0.3 is 0 Å². The van der Waals surface area contributed by atoms with Gasteiger partial charge in [-0.3, -0.25) is 8.98 Å². The Morgan fingerprint density at radius 3 is 2.39 bits per heavy atom. The summed E-state index contributed by atoms with van der Waals surface area (Å²) in [5.41, 5.74) is -0.311. The average Bonchev–Trinajstić information content (AvgIpc) is 2.91. The van der Waals surface area contributed by atoms with Crippen molar-refractivity contribution in [3.8, 4) is 0 Å². The Hall–Kier alpha value is -0.500. The minimum absolute atomic E-state index is 0.0941. The van der Waals surface area contributed by atoms with E-state index in [9.17, 15) is 13.2 Å². The van der Waals surface area contributed by atoms with Crippen LogP contribution in [0.3, 0.4) is 0 Å². The lowest BCUT2D eigenvalue weighted by Crippen LogP contribution is -2.56. The first kappa shape index (κ1) is 18.8.